The molecule has 0 bridgehead atoms. The molecule has 0 saturated carbocycles. The van der Waals surface area contributed by atoms with Gasteiger partial charge in [0.2, 0.25) is 0 Å². The number of ether oxygens (including phenoxy) is 1. The van der Waals surface area contributed by atoms with Crippen molar-refractivity contribution < 1.29 is 9.53 Å². The Labute approximate surface area is 186 Å². The molecule has 28 heavy (non-hydrogen) atoms. The second-order valence-corrected chi connectivity index (χ2v) is 27.1. The van der Waals surface area contributed by atoms with Crippen LogP contribution >= 0.6 is 12.6 Å². The number of esters is 1. The van der Waals surface area contributed by atoms with Crippen LogP contribution in [0.25, 0.3) is 0 Å². The van der Waals surface area contributed by atoms with Gasteiger partial charge in [-0.1, -0.05) is 64.7 Å². The standard InChI is InChI=1S/C21H41O2S.3CH3.Sn/c1-2-3-4-5-6-7-8-9-10-11-12-13-14-15-16-17-19-23-21(22)18-20-24;;;;/h20,24H,2-19H2,1H3;3*1H3;. The van der Waals surface area contributed by atoms with Crippen LogP contribution in [0.3, 0.4) is 0 Å². The zero-order valence-electron chi connectivity index (χ0n) is 19.6. The van der Waals surface area contributed by atoms with Gasteiger partial charge in [-0.2, -0.15) is 0 Å². The summed E-state index contributed by atoms with van der Waals surface area (Å²) in [6.45, 7) is 2.88. The van der Waals surface area contributed by atoms with Crippen LogP contribution in [0, 0.1) is 0 Å². The fraction of sp³-hybridized carbons (Fsp3) is 0.958. The number of hydrogen-bond acceptors (Lipinski definition) is 3. The molecule has 2 nitrogen and oxygen atoms in total. The minimum atomic E-state index is -2.06. The molecule has 0 aliphatic heterocycles. The van der Waals surface area contributed by atoms with Crippen molar-refractivity contribution in [3.8, 4) is 0 Å². The zero-order chi connectivity index (χ0) is 21.1. The van der Waals surface area contributed by atoms with Crippen LogP contribution in [0.15, 0.2) is 0 Å². The topological polar surface area (TPSA) is 26.3 Å². The van der Waals surface area contributed by atoms with Crippen LogP contribution in [0.4, 0.5) is 0 Å². The van der Waals surface area contributed by atoms with E-state index < -0.39 is 18.4 Å². The Morgan fingerprint density at radius 2 is 1.07 bits per heavy atom. The molecule has 0 fully saturated rings. The summed E-state index contributed by atoms with van der Waals surface area (Å²) in [5.41, 5.74) is 0. The Balaban J connectivity index is 3.23. The van der Waals surface area contributed by atoms with Gasteiger partial charge < -0.3 is 0 Å². The predicted octanol–water partition coefficient (Wildman–Crippen LogP) is 8.36. The van der Waals surface area contributed by atoms with Crippen molar-refractivity contribution in [3.05, 3.63) is 0 Å². The van der Waals surface area contributed by atoms with E-state index in [1.807, 2.05) is 0 Å². The number of hydrogen-bond donors (Lipinski definition) is 1. The van der Waals surface area contributed by atoms with Gasteiger partial charge in [-0.05, 0) is 0 Å². The van der Waals surface area contributed by atoms with Crippen LogP contribution in [-0.2, 0) is 9.53 Å². The summed E-state index contributed by atoms with van der Waals surface area (Å²) in [5.74, 6) is -0.0485. The molecule has 0 amide bonds. The minimum absolute atomic E-state index is 0.0485. The van der Waals surface area contributed by atoms with E-state index in [4.69, 9.17) is 4.74 Å². The van der Waals surface area contributed by atoms with Crippen molar-refractivity contribution in [1.29, 1.82) is 0 Å². The fourth-order valence-electron chi connectivity index (χ4n) is 3.36. The predicted molar refractivity (Wildman–Crippen MR) is 131 cm³/mol. The first-order chi connectivity index (χ1) is 13.4. The van der Waals surface area contributed by atoms with Gasteiger partial charge in [0.15, 0.2) is 0 Å². The van der Waals surface area contributed by atoms with Gasteiger partial charge in [0, 0.05) is 0 Å². The number of unbranched alkanes of at least 4 members (excludes halogenated alkanes) is 15. The monoisotopic (exact) mass is 522 g/mol. The van der Waals surface area contributed by atoms with E-state index in [1.165, 1.54) is 96.3 Å². The molecule has 168 valence electrons. The third-order valence-corrected chi connectivity index (χ3v) is 17.3. The molecule has 0 aliphatic rings. The quantitative estimate of drug-likeness (QED) is 0.0754. The van der Waals surface area contributed by atoms with Crippen LogP contribution in [0.1, 0.15) is 116 Å². The molecule has 1 atom stereocenters. The van der Waals surface area contributed by atoms with E-state index in [0.29, 0.717) is 13.0 Å². The molecule has 4 heteroatoms. The Kier molecular flexibility index (Phi) is 20.0. The molecule has 0 saturated heterocycles. The summed E-state index contributed by atoms with van der Waals surface area (Å²) in [5, 5.41) is 0. The number of thiol groups is 1. The van der Waals surface area contributed by atoms with E-state index >= 15 is 0 Å². The van der Waals surface area contributed by atoms with Crippen LogP contribution in [0.5, 0.6) is 0 Å². The van der Waals surface area contributed by atoms with Gasteiger partial charge in [-0.3, -0.25) is 0 Å². The Hall–Kier alpha value is 0.619. The summed E-state index contributed by atoms with van der Waals surface area (Å²) in [6.07, 6.45) is 22.4. The maximum atomic E-state index is 11.8. The van der Waals surface area contributed by atoms with Gasteiger partial charge in [0.05, 0.1) is 0 Å². The van der Waals surface area contributed by atoms with Crippen molar-refractivity contribution in [2.45, 2.75) is 134 Å². The second-order valence-electron chi connectivity index (χ2n) is 9.61. The van der Waals surface area contributed by atoms with E-state index in [2.05, 4.69) is 34.4 Å². The molecular weight excluding hydrogens is 471 g/mol. The average molecular weight is 521 g/mol. The SMILES string of the molecule is CCCCCCCCCCCCCCCCCCOC(=O)C[CH](S)[Sn]([CH3])([CH3])[CH3]. The Morgan fingerprint density at radius 3 is 1.43 bits per heavy atom. The van der Waals surface area contributed by atoms with Gasteiger partial charge in [0.25, 0.3) is 0 Å². The third-order valence-electron chi connectivity index (χ3n) is 5.62. The number of carbonyl (C=O) groups is 1. The molecule has 0 aromatic heterocycles. The van der Waals surface area contributed by atoms with Crippen LogP contribution in [0.2, 0.25) is 14.8 Å². The molecular formula is C24H50O2SSn. The fourth-order valence-corrected chi connectivity index (χ4v) is 5.73. The molecule has 0 aromatic carbocycles. The maximum absolute atomic E-state index is 11.8. The first kappa shape index (κ1) is 28.6. The second kappa shape index (κ2) is 19.6. The van der Waals surface area contributed by atoms with Gasteiger partial charge in [-0.25, -0.2) is 0 Å². The molecule has 0 spiro atoms. The van der Waals surface area contributed by atoms with E-state index in [0.717, 1.165) is 6.42 Å². The summed E-state index contributed by atoms with van der Waals surface area (Å²) in [4.78, 5) is 18.8. The van der Waals surface area contributed by atoms with Crippen molar-refractivity contribution >= 4 is 37.0 Å². The van der Waals surface area contributed by atoms with Crippen LogP contribution in [-0.4, -0.2) is 34.2 Å². The van der Waals surface area contributed by atoms with Gasteiger partial charge >= 0.3 is 123 Å². The summed E-state index contributed by atoms with van der Waals surface area (Å²) in [7, 11) is 0. The summed E-state index contributed by atoms with van der Waals surface area (Å²) >= 11 is 2.54. The normalized spacial score (nSPS) is 12.9. The molecule has 0 heterocycles. The number of carbonyl (C=O) groups excluding carboxylic acids is 1. The number of rotatable bonds is 20. The summed E-state index contributed by atoms with van der Waals surface area (Å²) < 4.78 is 5.64. The van der Waals surface area contributed by atoms with Gasteiger partial charge in [0.1, 0.15) is 0 Å². The first-order valence-electron chi connectivity index (χ1n) is 12.2. The van der Waals surface area contributed by atoms with Crippen molar-refractivity contribution in [1.82, 2.24) is 0 Å². The molecule has 1 unspecified atom stereocenters. The van der Waals surface area contributed by atoms with E-state index in [-0.39, 0.29) is 9.24 Å². The molecule has 0 aliphatic carbocycles. The van der Waals surface area contributed by atoms with Gasteiger partial charge in [-0.15, -0.1) is 0 Å². The Morgan fingerprint density at radius 1 is 0.714 bits per heavy atom. The molecule has 0 rings (SSSR count). The molecule has 0 N–H and O–H groups in total. The molecule has 0 radical (unpaired) electrons. The average Bonchev–Trinajstić information content (AvgIpc) is 2.63. The molecule has 0 aromatic rings. The van der Waals surface area contributed by atoms with Crippen molar-refractivity contribution in [3.63, 3.8) is 0 Å². The third kappa shape index (κ3) is 19.9. The zero-order valence-corrected chi connectivity index (χ0v) is 23.3. The summed E-state index contributed by atoms with van der Waals surface area (Å²) in [6, 6.07) is 0. The van der Waals surface area contributed by atoms with E-state index in [9.17, 15) is 4.79 Å². The van der Waals surface area contributed by atoms with Crippen molar-refractivity contribution in [2.75, 3.05) is 6.61 Å². The van der Waals surface area contributed by atoms with Crippen molar-refractivity contribution in [2.24, 2.45) is 0 Å². The Bertz CT molecular complexity index is 355. The van der Waals surface area contributed by atoms with E-state index in [1.54, 1.807) is 0 Å². The first-order valence-corrected chi connectivity index (χ1v) is 22.9. The van der Waals surface area contributed by atoms with Crippen LogP contribution < -0.4 is 0 Å².